The van der Waals surface area contributed by atoms with Crippen molar-refractivity contribution in [3.8, 4) is 0 Å². The molecule has 0 bridgehead atoms. The number of nitrogen functional groups attached to an aromatic ring is 1. The van der Waals surface area contributed by atoms with Gasteiger partial charge < -0.3 is 11.1 Å². The number of rotatable bonds is 5. The van der Waals surface area contributed by atoms with Gasteiger partial charge in [0, 0.05) is 6.04 Å². The van der Waals surface area contributed by atoms with E-state index < -0.39 is 0 Å². The SMILES string of the molecule is CCc1nn(CC(=O)NC2CCCC2)c(CC)c1N. The van der Waals surface area contributed by atoms with Crippen molar-refractivity contribution in [3.63, 3.8) is 0 Å². The fourth-order valence-corrected chi connectivity index (χ4v) is 2.81. The zero-order valence-electron chi connectivity index (χ0n) is 11.9. The van der Waals surface area contributed by atoms with Crippen molar-refractivity contribution in [1.29, 1.82) is 0 Å². The third-order valence-corrected chi connectivity index (χ3v) is 3.86. The van der Waals surface area contributed by atoms with Crippen molar-refractivity contribution in [3.05, 3.63) is 11.4 Å². The Hall–Kier alpha value is -1.52. The summed E-state index contributed by atoms with van der Waals surface area (Å²) in [5.41, 5.74) is 8.66. The van der Waals surface area contributed by atoms with Gasteiger partial charge in [0.15, 0.2) is 0 Å². The monoisotopic (exact) mass is 264 g/mol. The summed E-state index contributed by atoms with van der Waals surface area (Å²) in [7, 11) is 0. The van der Waals surface area contributed by atoms with Crippen molar-refractivity contribution in [2.45, 2.75) is 65.0 Å². The first-order chi connectivity index (χ1) is 9.15. The molecule has 1 heterocycles. The van der Waals surface area contributed by atoms with Gasteiger partial charge in [0.1, 0.15) is 6.54 Å². The lowest BCUT2D eigenvalue weighted by atomic mass is 10.2. The van der Waals surface area contributed by atoms with E-state index in [1.54, 1.807) is 4.68 Å². The third kappa shape index (κ3) is 3.08. The van der Waals surface area contributed by atoms with Crippen LogP contribution in [0, 0.1) is 0 Å². The highest BCUT2D eigenvalue weighted by Gasteiger charge is 2.19. The molecule has 0 aromatic carbocycles. The van der Waals surface area contributed by atoms with Crippen molar-refractivity contribution < 1.29 is 4.79 Å². The standard InChI is InChI=1S/C14H24N4O/c1-3-11-14(15)12(4-2)18(17-11)9-13(19)16-10-7-5-6-8-10/h10H,3-9,15H2,1-2H3,(H,16,19). The Balaban J connectivity index is 2.03. The van der Waals surface area contributed by atoms with Gasteiger partial charge >= 0.3 is 0 Å². The average Bonchev–Trinajstić information content (AvgIpc) is 2.97. The Morgan fingerprint density at radius 2 is 2.05 bits per heavy atom. The first-order valence-electron chi connectivity index (χ1n) is 7.29. The second kappa shape index (κ2) is 6.08. The summed E-state index contributed by atoms with van der Waals surface area (Å²) < 4.78 is 1.76. The number of hydrogen-bond donors (Lipinski definition) is 2. The fourth-order valence-electron chi connectivity index (χ4n) is 2.81. The molecule has 0 radical (unpaired) electrons. The molecule has 3 N–H and O–H groups in total. The number of carbonyl (C=O) groups excluding carboxylic acids is 1. The predicted octanol–water partition coefficient (Wildman–Crippen LogP) is 1.65. The van der Waals surface area contributed by atoms with Gasteiger partial charge in [-0.15, -0.1) is 0 Å². The summed E-state index contributed by atoms with van der Waals surface area (Å²) in [4.78, 5) is 12.0. The first-order valence-corrected chi connectivity index (χ1v) is 7.29. The molecule has 0 unspecified atom stereocenters. The van der Waals surface area contributed by atoms with E-state index in [1.165, 1.54) is 12.8 Å². The highest BCUT2D eigenvalue weighted by atomic mass is 16.2. The smallest absolute Gasteiger partial charge is 0.241 e. The van der Waals surface area contributed by atoms with Gasteiger partial charge in [0.2, 0.25) is 5.91 Å². The summed E-state index contributed by atoms with van der Waals surface area (Å²) in [6.45, 7) is 4.35. The van der Waals surface area contributed by atoms with E-state index in [4.69, 9.17) is 5.73 Å². The number of aryl methyl sites for hydroxylation is 1. The molecular formula is C14H24N4O. The molecule has 5 nitrogen and oxygen atoms in total. The van der Waals surface area contributed by atoms with Crippen molar-refractivity contribution in [1.82, 2.24) is 15.1 Å². The zero-order chi connectivity index (χ0) is 13.8. The molecule has 5 heteroatoms. The Labute approximate surface area is 114 Å². The Morgan fingerprint density at radius 3 is 2.63 bits per heavy atom. The predicted molar refractivity (Wildman–Crippen MR) is 75.8 cm³/mol. The number of aromatic nitrogens is 2. The summed E-state index contributed by atoms with van der Waals surface area (Å²) in [5.74, 6) is 0.0479. The number of nitrogens with zero attached hydrogens (tertiary/aromatic N) is 2. The van der Waals surface area contributed by atoms with E-state index in [9.17, 15) is 4.79 Å². The molecule has 1 aromatic rings. The average molecular weight is 264 g/mol. The van der Waals surface area contributed by atoms with Crippen LogP contribution < -0.4 is 11.1 Å². The first kappa shape index (κ1) is 13.9. The molecular weight excluding hydrogens is 240 g/mol. The topological polar surface area (TPSA) is 72.9 Å². The van der Waals surface area contributed by atoms with E-state index in [1.807, 2.05) is 13.8 Å². The van der Waals surface area contributed by atoms with Crippen LogP contribution in [0.15, 0.2) is 0 Å². The van der Waals surface area contributed by atoms with Crippen LogP contribution in [0.1, 0.15) is 50.9 Å². The Morgan fingerprint density at radius 1 is 1.37 bits per heavy atom. The van der Waals surface area contributed by atoms with E-state index in [-0.39, 0.29) is 12.5 Å². The maximum absolute atomic E-state index is 12.0. The minimum Gasteiger partial charge on any atom is -0.396 e. The molecule has 1 aliphatic rings. The molecule has 106 valence electrons. The molecule has 0 atom stereocenters. The normalized spacial score (nSPS) is 15.9. The quantitative estimate of drug-likeness (QED) is 0.849. The lowest BCUT2D eigenvalue weighted by molar-refractivity contribution is -0.122. The van der Waals surface area contributed by atoms with Crippen molar-refractivity contribution in [2.24, 2.45) is 0 Å². The number of nitrogens with one attached hydrogen (secondary N) is 1. The second-order valence-electron chi connectivity index (χ2n) is 5.22. The molecule has 19 heavy (non-hydrogen) atoms. The van der Waals surface area contributed by atoms with Gasteiger partial charge in [0.05, 0.1) is 17.1 Å². The van der Waals surface area contributed by atoms with Crippen LogP contribution in [0.3, 0.4) is 0 Å². The van der Waals surface area contributed by atoms with Gasteiger partial charge in [-0.05, 0) is 25.7 Å². The van der Waals surface area contributed by atoms with Gasteiger partial charge in [-0.3, -0.25) is 9.48 Å². The van der Waals surface area contributed by atoms with E-state index in [0.29, 0.717) is 6.04 Å². The molecule has 1 saturated carbocycles. The van der Waals surface area contributed by atoms with Gasteiger partial charge in [-0.2, -0.15) is 5.10 Å². The maximum Gasteiger partial charge on any atom is 0.241 e. The van der Waals surface area contributed by atoms with Crippen LogP contribution in [0.5, 0.6) is 0 Å². The molecule has 1 fully saturated rings. The van der Waals surface area contributed by atoms with Crippen LogP contribution >= 0.6 is 0 Å². The molecule has 0 saturated heterocycles. The van der Waals surface area contributed by atoms with Crippen LogP contribution in [-0.4, -0.2) is 21.7 Å². The second-order valence-corrected chi connectivity index (χ2v) is 5.22. The Bertz CT molecular complexity index is 447. The van der Waals surface area contributed by atoms with Crippen molar-refractivity contribution >= 4 is 11.6 Å². The lowest BCUT2D eigenvalue weighted by Crippen LogP contribution is -2.35. The highest BCUT2D eigenvalue weighted by molar-refractivity contribution is 5.76. The molecule has 1 aliphatic carbocycles. The third-order valence-electron chi connectivity index (χ3n) is 3.86. The Kier molecular flexibility index (Phi) is 4.45. The lowest BCUT2D eigenvalue weighted by Gasteiger charge is -2.12. The number of hydrogen-bond acceptors (Lipinski definition) is 3. The minimum absolute atomic E-state index is 0.0479. The van der Waals surface area contributed by atoms with Gasteiger partial charge in [0.25, 0.3) is 0 Å². The summed E-state index contributed by atoms with van der Waals surface area (Å²) in [5, 5.41) is 7.53. The van der Waals surface area contributed by atoms with Crippen molar-refractivity contribution in [2.75, 3.05) is 5.73 Å². The molecule has 0 spiro atoms. The van der Waals surface area contributed by atoms with E-state index in [0.717, 1.165) is 42.8 Å². The summed E-state index contributed by atoms with van der Waals surface area (Å²) in [6, 6.07) is 0.358. The maximum atomic E-state index is 12.0. The number of carbonyl (C=O) groups is 1. The van der Waals surface area contributed by atoms with E-state index >= 15 is 0 Å². The molecule has 0 aliphatic heterocycles. The van der Waals surface area contributed by atoms with Gasteiger partial charge in [-0.1, -0.05) is 26.7 Å². The molecule has 1 aromatic heterocycles. The molecule has 1 amide bonds. The zero-order valence-corrected chi connectivity index (χ0v) is 11.9. The summed E-state index contributed by atoms with van der Waals surface area (Å²) in [6.07, 6.45) is 6.26. The minimum atomic E-state index is 0.0479. The molecule has 2 rings (SSSR count). The largest absolute Gasteiger partial charge is 0.396 e. The van der Waals surface area contributed by atoms with Crippen LogP contribution in [0.2, 0.25) is 0 Å². The summed E-state index contributed by atoms with van der Waals surface area (Å²) >= 11 is 0. The van der Waals surface area contributed by atoms with Gasteiger partial charge in [-0.25, -0.2) is 0 Å². The van der Waals surface area contributed by atoms with Crippen LogP contribution in [0.4, 0.5) is 5.69 Å². The number of anilines is 1. The van der Waals surface area contributed by atoms with E-state index in [2.05, 4.69) is 10.4 Å². The fraction of sp³-hybridized carbons (Fsp3) is 0.714. The highest BCUT2D eigenvalue weighted by Crippen LogP contribution is 2.19. The number of nitrogens with two attached hydrogens (primary N) is 1. The van der Waals surface area contributed by atoms with Crippen LogP contribution in [-0.2, 0) is 24.2 Å². The van der Waals surface area contributed by atoms with Crippen LogP contribution in [0.25, 0.3) is 0 Å². The number of amides is 1.